The van der Waals surface area contributed by atoms with Crippen LogP contribution in [0.25, 0.3) is 0 Å². The van der Waals surface area contributed by atoms with Crippen LogP contribution in [0.1, 0.15) is 153 Å². The zero-order valence-corrected chi connectivity index (χ0v) is 25.4. The highest BCUT2D eigenvalue weighted by atomic mass is 16.2. The Balaban J connectivity index is 1.63. The van der Waals surface area contributed by atoms with Crippen LogP contribution in [-0.2, 0) is 11.3 Å². The SMILES string of the molecule is CCCCCCCCCCCCn1nnc(C(C(=O)Nc2c(C(C)C)cccc2C(C)C)N2CCCCC2)n1. The van der Waals surface area contributed by atoms with E-state index in [2.05, 4.69) is 73.3 Å². The molecule has 0 spiro atoms. The van der Waals surface area contributed by atoms with Crippen LogP contribution in [0, 0.1) is 0 Å². The molecule has 1 unspecified atom stereocenters. The van der Waals surface area contributed by atoms with Crippen molar-refractivity contribution in [3.8, 4) is 0 Å². The first kappa shape index (κ1) is 31.3. The highest BCUT2D eigenvalue weighted by Gasteiger charge is 2.33. The summed E-state index contributed by atoms with van der Waals surface area (Å²) in [6, 6.07) is 5.84. The fraction of sp³-hybridized carbons (Fsp3) is 0.750. The van der Waals surface area contributed by atoms with E-state index in [1.807, 2.05) is 0 Å². The molecule has 1 aliphatic rings. The van der Waals surface area contributed by atoms with Gasteiger partial charge in [-0.1, -0.05) is 117 Å². The molecule has 0 bridgehead atoms. The lowest BCUT2D eigenvalue weighted by molar-refractivity contribution is -0.122. The zero-order valence-electron chi connectivity index (χ0n) is 25.4. The van der Waals surface area contributed by atoms with Gasteiger partial charge in [-0.05, 0) is 60.5 Å². The number of aryl methyl sites for hydroxylation is 1. The van der Waals surface area contributed by atoms with Gasteiger partial charge in [0.15, 0.2) is 6.04 Å². The molecule has 1 amide bonds. The quantitative estimate of drug-likeness (QED) is 0.206. The van der Waals surface area contributed by atoms with E-state index in [4.69, 9.17) is 5.10 Å². The lowest BCUT2D eigenvalue weighted by Crippen LogP contribution is -2.41. The molecule has 0 saturated carbocycles. The van der Waals surface area contributed by atoms with Crippen LogP contribution in [0.3, 0.4) is 0 Å². The van der Waals surface area contributed by atoms with Gasteiger partial charge in [0.1, 0.15) is 0 Å². The molecule has 7 heteroatoms. The van der Waals surface area contributed by atoms with Crippen molar-refractivity contribution in [3.63, 3.8) is 0 Å². The van der Waals surface area contributed by atoms with Gasteiger partial charge in [0.25, 0.3) is 0 Å². The smallest absolute Gasteiger partial charge is 0.249 e. The second-order valence-corrected chi connectivity index (χ2v) is 12.0. The molecule has 0 radical (unpaired) electrons. The van der Waals surface area contributed by atoms with E-state index in [-0.39, 0.29) is 5.91 Å². The molecular weight excluding hydrogens is 484 g/mol. The fourth-order valence-electron chi connectivity index (χ4n) is 5.71. The Morgan fingerprint density at radius 1 is 0.846 bits per heavy atom. The molecule has 1 aromatic carbocycles. The molecule has 7 nitrogen and oxygen atoms in total. The topological polar surface area (TPSA) is 75.9 Å². The number of hydrogen-bond acceptors (Lipinski definition) is 5. The van der Waals surface area contributed by atoms with Crippen LogP contribution in [0.5, 0.6) is 0 Å². The van der Waals surface area contributed by atoms with Crippen LogP contribution in [0.4, 0.5) is 5.69 Å². The molecule has 1 saturated heterocycles. The summed E-state index contributed by atoms with van der Waals surface area (Å²) in [5.74, 6) is 1.10. The number of tetrazole rings is 1. The Morgan fingerprint density at radius 3 is 1.97 bits per heavy atom. The van der Waals surface area contributed by atoms with Gasteiger partial charge in [0.05, 0.1) is 6.54 Å². The summed E-state index contributed by atoms with van der Waals surface area (Å²) in [5.41, 5.74) is 3.29. The van der Waals surface area contributed by atoms with E-state index < -0.39 is 6.04 Å². The summed E-state index contributed by atoms with van der Waals surface area (Å²) in [4.78, 5) is 17.9. The van der Waals surface area contributed by atoms with Gasteiger partial charge in [0, 0.05) is 5.69 Å². The minimum atomic E-state index is -0.521. The average molecular weight is 539 g/mol. The maximum absolute atomic E-state index is 13.9. The van der Waals surface area contributed by atoms with Crippen molar-refractivity contribution >= 4 is 11.6 Å². The molecule has 218 valence electrons. The number of carbonyl (C=O) groups excluding carboxylic acids is 1. The van der Waals surface area contributed by atoms with Gasteiger partial charge in [-0.25, -0.2) is 0 Å². The van der Waals surface area contributed by atoms with Gasteiger partial charge in [0.2, 0.25) is 11.7 Å². The number of amides is 1. The molecule has 0 aliphatic carbocycles. The summed E-state index contributed by atoms with van der Waals surface area (Å²) < 4.78 is 0. The number of aromatic nitrogens is 4. The van der Waals surface area contributed by atoms with E-state index in [1.165, 1.54) is 75.3 Å². The molecule has 3 rings (SSSR count). The number of benzene rings is 1. The van der Waals surface area contributed by atoms with E-state index in [0.717, 1.165) is 44.6 Å². The van der Waals surface area contributed by atoms with Crippen molar-refractivity contribution in [2.75, 3.05) is 18.4 Å². The third kappa shape index (κ3) is 9.70. The molecule has 1 aromatic heterocycles. The summed E-state index contributed by atoms with van der Waals surface area (Å²) in [6.45, 7) is 13.5. The number of anilines is 1. The Bertz CT molecular complexity index is 953. The number of nitrogens with one attached hydrogen (secondary N) is 1. The summed E-state index contributed by atoms with van der Waals surface area (Å²) >= 11 is 0. The Morgan fingerprint density at radius 2 is 1.41 bits per heavy atom. The number of likely N-dealkylation sites (tertiary alicyclic amines) is 1. The average Bonchev–Trinajstić information content (AvgIpc) is 3.38. The van der Waals surface area contributed by atoms with Gasteiger partial charge in [-0.15, -0.1) is 10.2 Å². The first-order valence-corrected chi connectivity index (χ1v) is 15.9. The number of hydrogen-bond donors (Lipinski definition) is 1. The molecule has 1 atom stereocenters. The lowest BCUT2D eigenvalue weighted by Gasteiger charge is -2.32. The van der Waals surface area contributed by atoms with Crippen molar-refractivity contribution in [1.29, 1.82) is 0 Å². The first-order chi connectivity index (χ1) is 18.9. The highest BCUT2D eigenvalue weighted by Crippen LogP contribution is 2.34. The van der Waals surface area contributed by atoms with Gasteiger partial charge in [-0.2, -0.15) is 4.80 Å². The van der Waals surface area contributed by atoms with E-state index in [1.54, 1.807) is 4.80 Å². The maximum Gasteiger partial charge on any atom is 0.249 e. The monoisotopic (exact) mass is 538 g/mol. The Kier molecular flexibility index (Phi) is 13.4. The van der Waals surface area contributed by atoms with Crippen molar-refractivity contribution < 1.29 is 4.79 Å². The van der Waals surface area contributed by atoms with E-state index in [0.29, 0.717) is 17.7 Å². The molecular formula is C32H54N6O. The Labute approximate surface area is 237 Å². The molecule has 2 heterocycles. The summed E-state index contributed by atoms with van der Waals surface area (Å²) in [7, 11) is 0. The van der Waals surface area contributed by atoms with E-state index in [9.17, 15) is 4.79 Å². The van der Waals surface area contributed by atoms with E-state index >= 15 is 0 Å². The zero-order chi connectivity index (χ0) is 28.0. The number of para-hydroxylation sites is 1. The molecule has 1 N–H and O–H groups in total. The normalized spacial score (nSPS) is 15.3. The predicted molar refractivity (Wildman–Crippen MR) is 161 cm³/mol. The van der Waals surface area contributed by atoms with Gasteiger partial charge in [-0.3, -0.25) is 9.69 Å². The Hall–Kier alpha value is -2.28. The van der Waals surface area contributed by atoms with Gasteiger partial charge >= 0.3 is 0 Å². The predicted octanol–water partition coefficient (Wildman–Crippen LogP) is 8.01. The van der Waals surface area contributed by atoms with Crippen LogP contribution in [-0.4, -0.2) is 44.1 Å². The first-order valence-electron chi connectivity index (χ1n) is 15.9. The third-order valence-electron chi connectivity index (χ3n) is 8.05. The number of unbranched alkanes of at least 4 members (excludes halogenated alkanes) is 9. The van der Waals surface area contributed by atoms with Crippen molar-refractivity contribution in [3.05, 3.63) is 35.2 Å². The summed E-state index contributed by atoms with van der Waals surface area (Å²) in [5, 5.41) is 16.8. The minimum Gasteiger partial charge on any atom is -0.324 e. The lowest BCUT2D eigenvalue weighted by atomic mass is 9.92. The van der Waals surface area contributed by atoms with Crippen LogP contribution < -0.4 is 5.32 Å². The maximum atomic E-state index is 13.9. The summed E-state index contributed by atoms with van der Waals surface area (Å²) in [6.07, 6.45) is 16.4. The number of piperidine rings is 1. The number of rotatable bonds is 17. The second kappa shape index (κ2) is 16.7. The van der Waals surface area contributed by atoms with Crippen molar-refractivity contribution in [1.82, 2.24) is 25.1 Å². The standard InChI is InChI=1S/C32H54N6O/c1-6-7-8-9-10-11-12-13-14-18-24-38-35-31(34-36-38)30(37-22-16-15-17-23-37)32(39)33-29-27(25(2)3)20-19-21-28(29)26(4)5/h19-21,25-26,30H,6-18,22-24H2,1-5H3,(H,33,39). The van der Waals surface area contributed by atoms with Crippen LogP contribution in [0.2, 0.25) is 0 Å². The molecule has 2 aromatic rings. The molecule has 39 heavy (non-hydrogen) atoms. The number of carbonyl (C=O) groups is 1. The third-order valence-corrected chi connectivity index (χ3v) is 8.05. The van der Waals surface area contributed by atoms with Crippen LogP contribution in [0.15, 0.2) is 18.2 Å². The fourth-order valence-corrected chi connectivity index (χ4v) is 5.71. The number of nitrogens with zero attached hydrogens (tertiary/aromatic N) is 5. The second-order valence-electron chi connectivity index (χ2n) is 12.0. The van der Waals surface area contributed by atoms with Crippen molar-refractivity contribution in [2.24, 2.45) is 0 Å². The molecule has 1 fully saturated rings. The highest BCUT2D eigenvalue weighted by molar-refractivity contribution is 5.96. The largest absolute Gasteiger partial charge is 0.324 e. The van der Waals surface area contributed by atoms with Crippen molar-refractivity contribution in [2.45, 2.75) is 143 Å². The van der Waals surface area contributed by atoms with Gasteiger partial charge < -0.3 is 5.32 Å². The van der Waals surface area contributed by atoms with Crippen LogP contribution >= 0.6 is 0 Å². The minimum absolute atomic E-state index is 0.0506. The molecule has 1 aliphatic heterocycles.